The first-order valence-electron chi connectivity index (χ1n) is 21.6. The second-order valence-corrected chi connectivity index (χ2v) is 19.1. The molecule has 2 saturated heterocycles. The van der Waals surface area contributed by atoms with Gasteiger partial charge in [-0.1, -0.05) is 13.0 Å². The zero-order chi connectivity index (χ0) is 43.8. The number of benzene rings is 3. The minimum atomic E-state index is -4.01. The summed E-state index contributed by atoms with van der Waals surface area (Å²) < 4.78 is 66.7. The van der Waals surface area contributed by atoms with Crippen LogP contribution in [0.3, 0.4) is 0 Å². The average Bonchev–Trinajstić information content (AvgIpc) is 3.26. The van der Waals surface area contributed by atoms with Crippen LogP contribution >= 0.6 is 0 Å². The molecule has 0 radical (unpaired) electrons. The van der Waals surface area contributed by atoms with Crippen molar-refractivity contribution < 1.29 is 31.5 Å². The van der Waals surface area contributed by atoms with Gasteiger partial charge in [0.25, 0.3) is 5.56 Å². The fourth-order valence-corrected chi connectivity index (χ4v) is 10.8. The van der Waals surface area contributed by atoms with Crippen LogP contribution in [-0.2, 0) is 19.8 Å². The molecule has 17 heteroatoms. The number of nitrogens with one attached hydrogen (secondary N) is 3. The van der Waals surface area contributed by atoms with Gasteiger partial charge in [0.15, 0.2) is 11.6 Å². The number of nitrogens with zero attached hydrogens (tertiary/aromatic N) is 5. The van der Waals surface area contributed by atoms with E-state index >= 15 is 8.78 Å². The number of halogens is 2. The molecule has 14 nitrogen and oxygen atoms in total. The first-order chi connectivity index (χ1) is 29.8. The van der Waals surface area contributed by atoms with Crippen LogP contribution in [0, 0.1) is 28.4 Å². The Hall–Kier alpha value is -5.44. The molecule has 3 N–H and O–H groups in total. The maximum atomic E-state index is 15.4. The summed E-state index contributed by atoms with van der Waals surface area (Å²) in [7, 11) is -2.63. The predicted octanol–water partition coefficient (Wildman–Crippen LogP) is 7.09. The number of nitriles is 1. The summed E-state index contributed by atoms with van der Waals surface area (Å²) >= 11 is 0. The lowest BCUT2D eigenvalue weighted by Crippen LogP contribution is -2.47. The summed E-state index contributed by atoms with van der Waals surface area (Å²) in [5, 5.41) is 15.6. The molecular weight excluding hydrogens is 819 g/mol. The highest BCUT2D eigenvalue weighted by atomic mass is 32.2. The molecule has 2 aliphatic carbocycles. The van der Waals surface area contributed by atoms with E-state index in [9.17, 15) is 28.1 Å². The molecule has 8 rings (SSSR count). The monoisotopic (exact) mass is 870 g/mol. The topological polar surface area (TPSA) is 179 Å². The van der Waals surface area contributed by atoms with Crippen molar-refractivity contribution >= 4 is 44.3 Å². The third-order valence-electron chi connectivity index (χ3n) is 13.8. The molecule has 1 spiro atoms. The highest BCUT2D eigenvalue weighted by Crippen LogP contribution is 2.48. The molecule has 4 fully saturated rings. The number of likely N-dealkylation sites (tertiary alicyclic amines) is 1. The van der Waals surface area contributed by atoms with Gasteiger partial charge in [-0.3, -0.25) is 29.0 Å². The van der Waals surface area contributed by atoms with Crippen LogP contribution in [0.25, 0.3) is 10.9 Å². The van der Waals surface area contributed by atoms with Crippen molar-refractivity contribution in [3.63, 3.8) is 0 Å². The van der Waals surface area contributed by atoms with E-state index in [-0.39, 0.29) is 75.9 Å². The number of rotatable bonds is 11. The number of hydrogen-bond acceptors (Lipinski definition) is 10. The summed E-state index contributed by atoms with van der Waals surface area (Å²) in [6.07, 6.45) is 12.0. The smallest absolute Gasteiger partial charge is 0.301 e. The van der Waals surface area contributed by atoms with Gasteiger partial charge in [0.05, 0.1) is 22.9 Å². The fourth-order valence-electron chi connectivity index (χ4n) is 9.89. The lowest BCUT2D eigenvalue weighted by atomic mass is 9.66. The van der Waals surface area contributed by atoms with Crippen LogP contribution in [0.4, 0.5) is 20.2 Å². The van der Waals surface area contributed by atoms with E-state index in [1.807, 2.05) is 18.2 Å². The van der Waals surface area contributed by atoms with Gasteiger partial charge in [0, 0.05) is 37.8 Å². The molecular formula is C45H52F2N8O6S. The van der Waals surface area contributed by atoms with Gasteiger partial charge in [0.2, 0.25) is 11.8 Å². The lowest BCUT2D eigenvalue weighted by Gasteiger charge is -2.48. The highest BCUT2D eigenvalue weighted by Gasteiger charge is 2.41. The zero-order valence-electron chi connectivity index (χ0n) is 35.0. The number of piperidine rings is 2. The fraction of sp³-hybridized carbons (Fsp3) is 0.489. The van der Waals surface area contributed by atoms with Crippen LogP contribution in [0.5, 0.6) is 11.5 Å². The van der Waals surface area contributed by atoms with Gasteiger partial charge in [-0.15, -0.1) is 0 Å². The average molecular weight is 871 g/mol. The molecule has 0 bridgehead atoms. The summed E-state index contributed by atoms with van der Waals surface area (Å²) in [5.74, 6) is -2.03. The lowest BCUT2D eigenvalue weighted by molar-refractivity contribution is -0.133. The van der Waals surface area contributed by atoms with Crippen molar-refractivity contribution in [3.8, 4) is 17.6 Å². The Morgan fingerprint density at radius 1 is 0.935 bits per heavy atom. The maximum absolute atomic E-state index is 15.4. The first kappa shape index (κ1) is 43.2. The molecule has 328 valence electrons. The molecule has 2 amide bonds. The van der Waals surface area contributed by atoms with Gasteiger partial charge in [-0.25, -0.2) is 13.8 Å². The number of ether oxygens (including phenoxy) is 1. The highest BCUT2D eigenvalue weighted by molar-refractivity contribution is 7.90. The number of carbonyl (C=O) groups is 2. The number of hydrogen-bond donors (Lipinski definition) is 3. The number of anilines is 2. The summed E-state index contributed by atoms with van der Waals surface area (Å²) in [4.78, 5) is 44.8. The van der Waals surface area contributed by atoms with Crippen molar-refractivity contribution in [2.75, 3.05) is 36.7 Å². The molecule has 2 aliphatic heterocycles. The molecule has 2 saturated carbocycles. The molecule has 62 heavy (non-hydrogen) atoms. The van der Waals surface area contributed by atoms with E-state index in [0.29, 0.717) is 23.7 Å². The Balaban J connectivity index is 0.855. The molecule has 4 aliphatic rings. The Morgan fingerprint density at radius 2 is 1.68 bits per heavy atom. The normalized spacial score (nSPS) is 22.4. The number of carbonyl (C=O) groups excluding carboxylic acids is 2. The standard InChI is InChI=1S/C45H52F2N8O6S/c1-3-53(2)62(59,60)52-39-13-11-36(46)42(35(39)26-48)61-32-9-12-38-34(25-32)44(58)55(27-49-38)31-16-18-45(19-17-31)20-22-54(23-21-45)30-7-4-28(5-8-30)33-10-6-29(24-37(33)47)50-40-14-15-41(56)51-43(40)57/h6,9-13,24-25,27-28,30-31,40,50,52H,3-5,7-8,14-23H2,1-2H3,(H,51,56,57). The van der Waals surface area contributed by atoms with E-state index in [4.69, 9.17) is 4.74 Å². The van der Waals surface area contributed by atoms with E-state index in [0.717, 1.165) is 99.3 Å². The third kappa shape index (κ3) is 8.91. The molecule has 3 heterocycles. The van der Waals surface area contributed by atoms with Crippen LogP contribution in [0.1, 0.15) is 107 Å². The van der Waals surface area contributed by atoms with E-state index in [1.165, 1.54) is 25.2 Å². The number of amides is 2. The number of aromatic nitrogens is 2. The zero-order valence-corrected chi connectivity index (χ0v) is 35.8. The summed E-state index contributed by atoms with van der Waals surface area (Å²) in [6.45, 7) is 3.87. The third-order valence-corrected chi connectivity index (χ3v) is 15.3. The molecule has 1 aromatic heterocycles. The minimum absolute atomic E-state index is 0.0285. The van der Waals surface area contributed by atoms with Crippen molar-refractivity contribution in [2.24, 2.45) is 5.41 Å². The van der Waals surface area contributed by atoms with Crippen LogP contribution < -0.4 is 25.7 Å². The Bertz CT molecular complexity index is 2570. The van der Waals surface area contributed by atoms with Crippen molar-refractivity contribution in [3.05, 3.63) is 88.0 Å². The quantitative estimate of drug-likeness (QED) is 0.132. The summed E-state index contributed by atoms with van der Waals surface area (Å²) in [5.41, 5.74) is 1.21. The Kier molecular flexibility index (Phi) is 12.4. The minimum Gasteiger partial charge on any atom is -0.453 e. The molecule has 4 aromatic rings. The van der Waals surface area contributed by atoms with Gasteiger partial charge >= 0.3 is 10.2 Å². The van der Waals surface area contributed by atoms with Crippen LogP contribution in [0.15, 0.2) is 59.7 Å². The maximum Gasteiger partial charge on any atom is 0.301 e. The van der Waals surface area contributed by atoms with Gasteiger partial charge in [-0.2, -0.15) is 18.0 Å². The van der Waals surface area contributed by atoms with Gasteiger partial charge < -0.3 is 15.0 Å². The first-order valence-corrected chi connectivity index (χ1v) is 23.0. The molecule has 1 unspecified atom stereocenters. The van der Waals surface area contributed by atoms with E-state index in [1.54, 1.807) is 23.9 Å². The predicted molar refractivity (Wildman–Crippen MR) is 230 cm³/mol. The van der Waals surface area contributed by atoms with Gasteiger partial charge in [-0.05, 0) is 143 Å². The van der Waals surface area contributed by atoms with Crippen molar-refractivity contribution in [1.82, 2.24) is 24.1 Å². The molecule has 3 aromatic carbocycles. The SMILES string of the molecule is CCN(C)S(=O)(=O)Nc1ccc(F)c(Oc2ccc3ncn(C4CCC5(CC4)CCN(C4CCC(c6ccc(NC7CCC(=O)NC7=O)cc6F)CC4)CC5)c(=O)c3c2)c1C#N. The second-order valence-electron chi connectivity index (χ2n) is 17.3. The number of imide groups is 1. The van der Waals surface area contributed by atoms with Crippen LogP contribution in [-0.4, -0.2) is 77.8 Å². The molecule has 1 atom stereocenters. The Labute approximate surface area is 359 Å². The van der Waals surface area contributed by atoms with Gasteiger partial charge in [0.1, 0.15) is 29.2 Å². The Morgan fingerprint density at radius 3 is 2.35 bits per heavy atom. The summed E-state index contributed by atoms with van der Waals surface area (Å²) in [6, 6.07) is 13.6. The van der Waals surface area contributed by atoms with Crippen molar-refractivity contribution in [1.29, 1.82) is 5.26 Å². The van der Waals surface area contributed by atoms with E-state index < -0.39 is 27.8 Å². The largest absolute Gasteiger partial charge is 0.453 e. The van der Waals surface area contributed by atoms with Crippen molar-refractivity contribution in [2.45, 2.75) is 108 Å². The van der Waals surface area contributed by atoms with Crippen LogP contribution in [0.2, 0.25) is 0 Å². The van der Waals surface area contributed by atoms with E-state index in [2.05, 4.69) is 25.2 Å². The second kappa shape index (κ2) is 17.7. The number of fused-ring (bicyclic) bond motifs is 1.